The first kappa shape index (κ1) is 16.8. The van der Waals surface area contributed by atoms with Gasteiger partial charge in [-0.3, -0.25) is 0 Å². The monoisotopic (exact) mass is 333 g/mol. The van der Waals surface area contributed by atoms with Gasteiger partial charge in [0.05, 0.1) is 16.7 Å². The predicted octanol–water partition coefficient (Wildman–Crippen LogP) is 2.75. The molecule has 0 saturated carbocycles. The van der Waals surface area contributed by atoms with Gasteiger partial charge in [0.15, 0.2) is 5.75 Å². The van der Waals surface area contributed by atoms with E-state index in [1.165, 1.54) is 6.42 Å². The van der Waals surface area contributed by atoms with Crippen LogP contribution < -0.4 is 10.1 Å². The van der Waals surface area contributed by atoms with E-state index in [4.69, 9.17) is 32.7 Å². The van der Waals surface area contributed by atoms with Crippen LogP contribution in [0.5, 0.6) is 5.75 Å². The molecule has 1 aliphatic rings. The molecule has 2 N–H and O–H groups in total. The van der Waals surface area contributed by atoms with Crippen molar-refractivity contribution < 1.29 is 14.6 Å². The number of aliphatic hydroxyl groups is 1. The molecule has 1 aromatic carbocycles. The third kappa shape index (κ3) is 5.64. The standard InChI is InChI=1S/C15H21Cl2NO3/c16-13-4-1-5-14(17)15(13)21-10-12(19)8-18-7-11-3-2-6-20-9-11/h1,4-5,11-12,18-19H,2-3,6-10H2. The van der Waals surface area contributed by atoms with Crippen molar-refractivity contribution in [2.45, 2.75) is 18.9 Å². The van der Waals surface area contributed by atoms with Gasteiger partial charge in [0, 0.05) is 19.7 Å². The largest absolute Gasteiger partial charge is 0.488 e. The second-order valence-corrected chi connectivity index (χ2v) is 6.07. The minimum Gasteiger partial charge on any atom is -0.488 e. The molecular formula is C15H21Cl2NO3. The predicted molar refractivity (Wildman–Crippen MR) is 84.4 cm³/mol. The molecule has 2 unspecified atom stereocenters. The summed E-state index contributed by atoms with van der Waals surface area (Å²) < 4.78 is 10.9. The molecule has 6 heteroatoms. The summed E-state index contributed by atoms with van der Waals surface area (Å²) in [5.41, 5.74) is 0. The zero-order chi connectivity index (χ0) is 15.1. The van der Waals surface area contributed by atoms with Gasteiger partial charge in [-0.1, -0.05) is 29.3 Å². The zero-order valence-corrected chi connectivity index (χ0v) is 13.4. The molecular weight excluding hydrogens is 313 g/mol. The maximum Gasteiger partial charge on any atom is 0.156 e. The Labute approximate surface area is 135 Å². The second-order valence-electron chi connectivity index (χ2n) is 5.26. The number of para-hydroxylation sites is 1. The molecule has 0 aromatic heterocycles. The van der Waals surface area contributed by atoms with Crippen LogP contribution in [0.3, 0.4) is 0 Å². The number of aliphatic hydroxyl groups excluding tert-OH is 1. The van der Waals surface area contributed by atoms with Crippen LogP contribution in [0.15, 0.2) is 18.2 Å². The summed E-state index contributed by atoms with van der Waals surface area (Å²) in [6.45, 7) is 3.14. The summed E-state index contributed by atoms with van der Waals surface area (Å²) in [7, 11) is 0. The van der Waals surface area contributed by atoms with E-state index < -0.39 is 6.10 Å². The molecule has 4 nitrogen and oxygen atoms in total. The lowest BCUT2D eigenvalue weighted by Gasteiger charge is -2.23. The quantitative estimate of drug-likeness (QED) is 0.805. The van der Waals surface area contributed by atoms with Gasteiger partial charge in [-0.25, -0.2) is 0 Å². The number of nitrogens with one attached hydrogen (secondary N) is 1. The topological polar surface area (TPSA) is 50.7 Å². The van der Waals surface area contributed by atoms with Crippen LogP contribution in [-0.4, -0.2) is 44.1 Å². The number of hydrogen-bond acceptors (Lipinski definition) is 4. The first-order chi connectivity index (χ1) is 10.2. The fourth-order valence-electron chi connectivity index (χ4n) is 2.28. The van der Waals surface area contributed by atoms with Gasteiger partial charge >= 0.3 is 0 Å². The molecule has 1 heterocycles. The SMILES string of the molecule is OC(CNCC1CCCOC1)COc1c(Cl)cccc1Cl. The average molecular weight is 334 g/mol. The fraction of sp³-hybridized carbons (Fsp3) is 0.600. The normalized spacial score (nSPS) is 20.2. The van der Waals surface area contributed by atoms with Crippen LogP contribution in [0.2, 0.25) is 10.0 Å². The highest BCUT2D eigenvalue weighted by Crippen LogP contribution is 2.32. The maximum absolute atomic E-state index is 9.92. The second kappa shape index (κ2) is 8.81. The number of benzene rings is 1. The zero-order valence-electron chi connectivity index (χ0n) is 11.9. The van der Waals surface area contributed by atoms with Crippen molar-refractivity contribution in [2.24, 2.45) is 5.92 Å². The summed E-state index contributed by atoms with van der Waals surface area (Å²) in [5, 5.41) is 14.1. The van der Waals surface area contributed by atoms with Crippen molar-refractivity contribution in [3.63, 3.8) is 0 Å². The van der Waals surface area contributed by atoms with Crippen molar-refractivity contribution in [3.8, 4) is 5.75 Å². The molecule has 1 aliphatic heterocycles. The molecule has 0 spiro atoms. The first-order valence-electron chi connectivity index (χ1n) is 7.20. The highest BCUT2D eigenvalue weighted by atomic mass is 35.5. The van der Waals surface area contributed by atoms with Crippen molar-refractivity contribution >= 4 is 23.2 Å². The summed E-state index contributed by atoms with van der Waals surface area (Å²) >= 11 is 12.0. The third-order valence-corrected chi connectivity index (χ3v) is 4.00. The maximum atomic E-state index is 9.92. The van der Waals surface area contributed by atoms with E-state index in [9.17, 15) is 5.11 Å². The van der Waals surface area contributed by atoms with Crippen molar-refractivity contribution in [1.82, 2.24) is 5.32 Å². The van der Waals surface area contributed by atoms with Gasteiger partial charge in [-0.2, -0.15) is 0 Å². The Morgan fingerprint density at radius 1 is 1.38 bits per heavy atom. The third-order valence-electron chi connectivity index (χ3n) is 3.41. The number of hydrogen-bond donors (Lipinski definition) is 2. The fourth-order valence-corrected chi connectivity index (χ4v) is 2.79. The molecule has 0 radical (unpaired) electrons. The smallest absolute Gasteiger partial charge is 0.156 e. The molecule has 0 amide bonds. The van der Waals surface area contributed by atoms with E-state index in [1.807, 2.05) is 0 Å². The lowest BCUT2D eigenvalue weighted by atomic mass is 10.0. The van der Waals surface area contributed by atoms with Crippen molar-refractivity contribution in [3.05, 3.63) is 28.2 Å². The molecule has 2 atom stereocenters. The van der Waals surface area contributed by atoms with Crippen LogP contribution in [0, 0.1) is 5.92 Å². The Balaban J connectivity index is 1.66. The van der Waals surface area contributed by atoms with Crippen molar-refractivity contribution in [2.75, 3.05) is 32.9 Å². The Morgan fingerprint density at radius 2 is 2.14 bits per heavy atom. The van der Waals surface area contributed by atoms with Gasteiger partial charge in [0.2, 0.25) is 0 Å². The van der Waals surface area contributed by atoms with Gasteiger partial charge < -0.3 is 19.9 Å². The Kier molecular flexibility index (Phi) is 7.07. The molecule has 0 aliphatic carbocycles. The number of rotatable bonds is 7. The summed E-state index contributed by atoms with van der Waals surface area (Å²) in [6.07, 6.45) is 1.68. The van der Waals surface area contributed by atoms with Crippen molar-refractivity contribution in [1.29, 1.82) is 0 Å². The highest BCUT2D eigenvalue weighted by Gasteiger charge is 2.15. The van der Waals surface area contributed by atoms with E-state index >= 15 is 0 Å². The Bertz CT molecular complexity index is 419. The molecule has 0 bridgehead atoms. The minimum absolute atomic E-state index is 0.150. The molecule has 21 heavy (non-hydrogen) atoms. The molecule has 1 saturated heterocycles. The van der Waals surface area contributed by atoms with E-state index in [-0.39, 0.29) is 6.61 Å². The van der Waals surface area contributed by atoms with Crippen LogP contribution in [0.25, 0.3) is 0 Å². The number of halogens is 2. The van der Waals surface area contributed by atoms with Crippen LogP contribution in [0.1, 0.15) is 12.8 Å². The summed E-state index contributed by atoms with van der Waals surface area (Å²) in [5.74, 6) is 0.949. The van der Waals surface area contributed by atoms with E-state index in [0.29, 0.717) is 28.3 Å². The van der Waals surface area contributed by atoms with Gasteiger partial charge in [0.1, 0.15) is 12.7 Å². The number of ether oxygens (including phenoxy) is 2. The Hall–Kier alpha value is -0.520. The van der Waals surface area contributed by atoms with E-state index in [1.54, 1.807) is 18.2 Å². The lowest BCUT2D eigenvalue weighted by molar-refractivity contribution is 0.0516. The summed E-state index contributed by atoms with van der Waals surface area (Å²) in [4.78, 5) is 0. The molecule has 1 aromatic rings. The van der Waals surface area contributed by atoms with Crippen LogP contribution in [0.4, 0.5) is 0 Å². The highest BCUT2D eigenvalue weighted by molar-refractivity contribution is 6.37. The molecule has 118 valence electrons. The van der Waals surface area contributed by atoms with E-state index in [2.05, 4.69) is 5.32 Å². The van der Waals surface area contributed by atoms with E-state index in [0.717, 1.165) is 26.2 Å². The van der Waals surface area contributed by atoms with Crippen LogP contribution >= 0.6 is 23.2 Å². The van der Waals surface area contributed by atoms with Crippen LogP contribution in [-0.2, 0) is 4.74 Å². The van der Waals surface area contributed by atoms with Gasteiger partial charge in [-0.15, -0.1) is 0 Å². The van der Waals surface area contributed by atoms with Gasteiger partial charge in [0.25, 0.3) is 0 Å². The first-order valence-corrected chi connectivity index (χ1v) is 7.95. The summed E-state index contributed by atoms with van der Waals surface area (Å²) in [6, 6.07) is 5.16. The minimum atomic E-state index is -0.609. The van der Waals surface area contributed by atoms with Gasteiger partial charge in [-0.05, 0) is 30.9 Å². The Morgan fingerprint density at radius 3 is 2.81 bits per heavy atom. The lowest BCUT2D eigenvalue weighted by Crippen LogP contribution is -2.36. The molecule has 1 fully saturated rings. The average Bonchev–Trinajstić information content (AvgIpc) is 2.48. The molecule has 2 rings (SSSR count).